The molecule has 0 aliphatic carbocycles. The normalized spacial score (nSPS) is 23.9. The highest BCUT2D eigenvalue weighted by atomic mass is 19.4. The molecule has 0 spiro atoms. The number of rotatable bonds is 3. The number of hydrogen-bond acceptors (Lipinski definition) is 5. The zero-order valence-electron chi connectivity index (χ0n) is 17.5. The van der Waals surface area contributed by atoms with Gasteiger partial charge in [-0.05, 0) is 25.1 Å². The average Bonchev–Trinajstić information content (AvgIpc) is 3.21. The molecule has 3 heterocycles. The van der Waals surface area contributed by atoms with Crippen LogP contribution < -0.4 is 10.1 Å². The molecule has 0 radical (unpaired) electrons. The number of benzene rings is 2. The zero-order valence-corrected chi connectivity index (χ0v) is 17.5. The molecule has 3 unspecified atom stereocenters. The van der Waals surface area contributed by atoms with Crippen LogP contribution in [0.15, 0.2) is 30.3 Å². The Morgan fingerprint density at radius 3 is 2.76 bits per heavy atom. The standard InChI is InChI=1S/C22H21F5N4O2/c1-11-9-31(6-7-32-11)16-10-33-17-8-12(23)2-3-13(17)18(16)29-19-14(24)4-5-15-20(19)30-21(28-15)22(25,26)27/h2-5,8,11,16,18,29H,6-7,9-10H2,1H3,(H,28,30). The molecule has 0 amide bonds. The molecular formula is C22H21F5N4O2. The van der Waals surface area contributed by atoms with Gasteiger partial charge in [-0.2, -0.15) is 13.2 Å². The van der Waals surface area contributed by atoms with Crippen molar-refractivity contribution in [1.29, 1.82) is 0 Å². The summed E-state index contributed by atoms with van der Waals surface area (Å²) >= 11 is 0. The van der Waals surface area contributed by atoms with Crippen LogP contribution in [-0.2, 0) is 10.9 Å². The van der Waals surface area contributed by atoms with Crippen LogP contribution in [0.5, 0.6) is 5.75 Å². The van der Waals surface area contributed by atoms with Gasteiger partial charge < -0.3 is 19.8 Å². The largest absolute Gasteiger partial charge is 0.491 e. The lowest BCUT2D eigenvalue weighted by molar-refractivity contribution is -0.144. The van der Waals surface area contributed by atoms with E-state index < -0.39 is 29.7 Å². The summed E-state index contributed by atoms with van der Waals surface area (Å²) in [4.78, 5) is 7.95. The second kappa shape index (κ2) is 8.14. The first-order chi connectivity index (χ1) is 15.7. The quantitative estimate of drug-likeness (QED) is 0.555. The highest BCUT2D eigenvalue weighted by Gasteiger charge is 2.39. The van der Waals surface area contributed by atoms with E-state index in [0.717, 1.165) is 6.07 Å². The maximum Gasteiger partial charge on any atom is 0.449 e. The summed E-state index contributed by atoms with van der Waals surface area (Å²) in [6.45, 7) is 3.81. The van der Waals surface area contributed by atoms with Crippen molar-refractivity contribution in [3.05, 3.63) is 53.4 Å². The minimum atomic E-state index is -4.71. The van der Waals surface area contributed by atoms with Crippen molar-refractivity contribution in [3.63, 3.8) is 0 Å². The van der Waals surface area contributed by atoms with Crippen molar-refractivity contribution in [2.45, 2.75) is 31.3 Å². The van der Waals surface area contributed by atoms with Gasteiger partial charge in [-0.15, -0.1) is 0 Å². The first kappa shape index (κ1) is 21.9. The summed E-state index contributed by atoms with van der Waals surface area (Å²) in [6.07, 6.45) is -4.74. The Labute approximate surface area is 185 Å². The van der Waals surface area contributed by atoms with Gasteiger partial charge in [-0.3, -0.25) is 4.90 Å². The fourth-order valence-electron chi connectivity index (χ4n) is 4.48. The van der Waals surface area contributed by atoms with E-state index in [9.17, 15) is 22.0 Å². The number of halogens is 5. The van der Waals surface area contributed by atoms with Crippen molar-refractivity contribution in [3.8, 4) is 5.75 Å². The van der Waals surface area contributed by atoms with Gasteiger partial charge in [0.05, 0.1) is 36.0 Å². The Bertz CT molecular complexity index is 1180. The highest BCUT2D eigenvalue weighted by molar-refractivity contribution is 5.89. The Balaban J connectivity index is 1.58. The third kappa shape index (κ3) is 4.10. The molecule has 3 atom stereocenters. The smallest absolute Gasteiger partial charge is 0.449 e. The third-order valence-corrected chi connectivity index (χ3v) is 6.02. The van der Waals surface area contributed by atoms with Gasteiger partial charge in [0.15, 0.2) is 0 Å². The lowest BCUT2D eigenvalue weighted by Crippen LogP contribution is -2.54. The number of nitrogens with one attached hydrogen (secondary N) is 2. The number of morpholine rings is 1. The van der Waals surface area contributed by atoms with Crippen LogP contribution in [0.4, 0.5) is 27.6 Å². The molecule has 1 fully saturated rings. The first-order valence-corrected chi connectivity index (χ1v) is 10.5. The molecule has 6 nitrogen and oxygen atoms in total. The van der Waals surface area contributed by atoms with Gasteiger partial charge in [0, 0.05) is 24.7 Å². The summed E-state index contributed by atoms with van der Waals surface area (Å²) in [7, 11) is 0. The molecule has 2 aromatic carbocycles. The van der Waals surface area contributed by atoms with Crippen LogP contribution in [0.25, 0.3) is 11.0 Å². The number of anilines is 1. The van der Waals surface area contributed by atoms with E-state index in [1.165, 1.54) is 18.2 Å². The summed E-state index contributed by atoms with van der Waals surface area (Å²) < 4.78 is 79.8. The number of alkyl halides is 3. The fraction of sp³-hybridized carbons (Fsp3) is 0.409. The third-order valence-electron chi connectivity index (χ3n) is 6.02. The first-order valence-electron chi connectivity index (χ1n) is 10.5. The maximum atomic E-state index is 14.9. The highest BCUT2D eigenvalue weighted by Crippen LogP contribution is 2.40. The Morgan fingerprint density at radius 2 is 2.00 bits per heavy atom. The molecule has 1 saturated heterocycles. The van der Waals surface area contributed by atoms with Crippen molar-refractivity contribution >= 4 is 16.7 Å². The molecule has 2 aliphatic heterocycles. The molecule has 3 aromatic rings. The molecule has 33 heavy (non-hydrogen) atoms. The zero-order chi connectivity index (χ0) is 23.3. The molecule has 1 aromatic heterocycles. The molecule has 2 aliphatic rings. The number of aromatic amines is 1. The summed E-state index contributed by atoms with van der Waals surface area (Å²) in [5.41, 5.74) is 0.309. The number of aromatic nitrogens is 2. The number of H-pyrrole nitrogens is 1. The topological polar surface area (TPSA) is 62.4 Å². The minimum Gasteiger partial charge on any atom is -0.491 e. The number of imidazole rings is 1. The van der Waals surface area contributed by atoms with Gasteiger partial charge >= 0.3 is 6.18 Å². The van der Waals surface area contributed by atoms with Gasteiger partial charge in [0.1, 0.15) is 29.5 Å². The molecule has 0 bridgehead atoms. The molecule has 2 N–H and O–H groups in total. The fourth-order valence-corrected chi connectivity index (χ4v) is 4.48. The molecule has 176 valence electrons. The average molecular weight is 468 g/mol. The van der Waals surface area contributed by atoms with Crippen molar-refractivity contribution in [2.75, 3.05) is 31.6 Å². The molecule has 0 saturated carbocycles. The van der Waals surface area contributed by atoms with Gasteiger partial charge in [-0.25, -0.2) is 13.8 Å². The van der Waals surface area contributed by atoms with Gasteiger partial charge in [0.25, 0.3) is 0 Å². The van der Waals surface area contributed by atoms with Crippen LogP contribution in [0.1, 0.15) is 24.4 Å². The van der Waals surface area contributed by atoms with E-state index in [4.69, 9.17) is 9.47 Å². The van der Waals surface area contributed by atoms with E-state index in [1.54, 1.807) is 6.07 Å². The number of fused-ring (bicyclic) bond motifs is 2. The maximum absolute atomic E-state index is 14.9. The summed E-state index contributed by atoms with van der Waals surface area (Å²) in [6, 6.07) is 5.47. The summed E-state index contributed by atoms with van der Waals surface area (Å²) in [5, 5.41) is 3.09. The van der Waals surface area contributed by atoms with Gasteiger partial charge in [0.2, 0.25) is 5.82 Å². The minimum absolute atomic E-state index is 0.0325. The SMILES string of the molecule is CC1CN(C2COc3cc(F)ccc3C2Nc2c(F)ccc3[nH]c(C(F)(F)F)nc23)CCO1. The van der Waals surface area contributed by atoms with Crippen LogP contribution in [0.3, 0.4) is 0 Å². The van der Waals surface area contributed by atoms with Crippen LogP contribution in [-0.4, -0.2) is 53.3 Å². The number of nitrogens with zero attached hydrogens (tertiary/aromatic N) is 2. The van der Waals surface area contributed by atoms with E-state index in [2.05, 4.69) is 20.2 Å². The monoisotopic (exact) mass is 468 g/mol. The van der Waals surface area contributed by atoms with E-state index >= 15 is 0 Å². The second-order valence-electron chi connectivity index (χ2n) is 8.26. The van der Waals surface area contributed by atoms with Crippen molar-refractivity contribution in [2.24, 2.45) is 0 Å². The lowest BCUT2D eigenvalue weighted by atomic mass is 9.93. The number of hydrogen-bond donors (Lipinski definition) is 2. The Kier molecular flexibility index (Phi) is 5.40. The lowest BCUT2D eigenvalue weighted by Gasteiger charge is -2.44. The Hall–Kier alpha value is -2.92. The van der Waals surface area contributed by atoms with E-state index in [0.29, 0.717) is 31.0 Å². The summed E-state index contributed by atoms with van der Waals surface area (Å²) in [5.74, 6) is -2.14. The molecular weight excluding hydrogens is 447 g/mol. The molecule has 5 rings (SSSR count). The van der Waals surface area contributed by atoms with Crippen molar-refractivity contribution < 1.29 is 31.4 Å². The van der Waals surface area contributed by atoms with Crippen LogP contribution in [0.2, 0.25) is 0 Å². The predicted molar refractivity (Wildman–Crippen MR) is 110 cm³/mol. The second-order valence-corrected chi connectivity index (χ2v) is 8.26. The van der Waals surface area contributed by atoms with E-state index in [-0.39, 0.29) is 35.5 Å². The Morgan fingerprint density at radius 1 is 1.18 bits per heavy atom. The van der Waals surface area contributed by atoms with Crippen LogP contribution in [0, 0.1) is 11.6 Å². The molecule has 11 heteroatoms. The van der Waals surface area contributed by atoms with Crippen LogP contribution >= 0.6 is 0 Å². The predicted octanol–water partition coefficient (Wildman–Crippen LogP) is 4.49. The van der Waals surface area contributed by atoms with Crippen molar-refractivity contribution in [1.82, 2.24) is 14.9 Å². The van der Waals surface area contributed by atoms with E-state index in [1.807, 2.05) is 6.92 Å². The number of ether oxygens (including phenoxy) is 2. The van der Waals surface area contributed by atoms with Gasteiger partial charge in [-0.1, -0.05) is 6.07 Å².